The van der Waals surface area contributed by atoms with Gasteiger partial charge in [0.1, 0.15) is 16.5 Å². The van der Waals surface area contributed by atoms with Gasteiger partial charge in [0, 0.05) is 11.8 Å². The number of nitrogens with one attached hydrogen (secondary N) is 1. The van der Waals surface area contributed by atoms with Gasteiger partial charge < -0.3 is 10.1 Å². The molecular weight excluding hydrogens is 352 g/mol. The average Bonchev–Trinajstić information content (AvgIpc) is 2.85. The van der Waals surface area contributed by atoms with Gasteiger partial charge >= 0.3 is 0 Å². The van der Waals surface area contributed by atoms with Gasteiger partial charge in [-0.2, -0.15) is 0 Å². The second-order valence-electron chi connectivity index (χ2n) is 6.24. The molecule has 2 aromatic rings. The second kappa shape index (κ2) is 7.22. The van der Waals surface area contributed by atoms with E-state index in [1.165, 1.54) is 0 Å². The Bertz CT molecular complexity index is 888. The van der Waals surface area contributed by atoms with Gasteiger partial charge in [0.2, 0.25) is 0 Å². The number of ether oxygens (including phenoxy) is 1. The van der Waals surface area contributed by atoms with E-state index in [1.807, 2.05) is 12.1 Å². The number of anilines is 2. The van der Waals surface area contributed by atoms with Crippen molar-refractivity contribution in [1.29, 1.82) is 0 Å². The maximum absolute atomic E-state index is 12.8. The van der Waals surface area contributed by atoms with Crippen molar-refractivity contribution in [3.05, 3.63) is 64.8 Å². The molecule has 0 saturated carbocycles. The van der Waals surface area contributed by atoms with Gasteiger partial charge in [0.05, 0.1) is 12.8 Å². The maximum Gasteiger partial charge on any atom is 0.283 e. The molecule has 26 heavy (non-hydrogen) atoms. The van der Waals surface area contributed by atoms with Crippen molar-refractivity contribution >= 4 is 34.8 Å². The Hall–Kier alpha value is -2.79. The highest BCUT2D eigenvalue weighted by Gasteiger charge is 2.38. The van der Waals surface area contributed by atoms with Crippen LogP contribution in [0.4, 0.5) is 11.4 Å². The van der Waals surface area contributed by atoms with Gasteiger partial charge in [-0.25, -0.2) is 4.90 Å². The van der Waals surface area contributed by atoms with Crippen LogP contribution in [0.5, 0.6) is 5.75 Å². The molecule has 0 saturated heterocycles. The van der Waals surface area contributed by atoms with E-state index in [9.17, 15) is 9.59 Å². The summed E-state index contributed by atoms with van der Waals surface area (Å²) in [5.41, 5.74) is 2.28. The molecular formula is C20H19ClN2O3. The Morgan fingerprint density at radius 3 is 2.35 bits per heavy atom. The monoisotopic (exact) mass is 370 g/mol. The zero-order chi connectivity index (χ0) is 18.8. The summed E-state index contributed by atoms with van der Waals surface area (Å²) in [5, 5.41) is 2.80. The summed E-state index contributed by atoms with van der Waals surface area (Å²) in [6.45, 7) is 4.16. The number of carbonyl (C=O) groups is 2. The van der Waals surface area contributed by atoms with E-state index in [2.05, 4.69) is 19.2 Å². The Morgan fingerprint density at radius 1 is 1.04 bits per heavy atom. The molecule has 2 amide bonds. The van der Waals surface area contributed by atoms with Crippen molar-refractivity contribution in [1.82, 2.24) is 0 Å². The fourth-order valence-electron chi connectivity index (χ4n) is 2.70. The first-order valence-electron chi connectivity index (χ1n) is 8.22. The van der Waals surface area contributed by atoms with Crippen molar-refractivity contribution in [3.8, 4) is 5.75 Å². The number of nitrogens with zero attached hydrogens (tertiary/aromatic N) is 1. The Balaban J connectivity index is 1.87. The lowest BCUT2D eigenvalue weighted by Gasteiger charge is -2.16. The summed E-state index contributed by atoms with van der Waals surface area (Å²) < 4.78 is 5.16. The highest BCUT2D eigenvalue weighted by atomic mass is 35.5. The molecule has 0 radical (unpaired) electrons. The number of hydrogen-bond donors (Lipinski definition) is 1. The molecule has 134 valence electrons. The molecule has 5 nitrogen and oxygen atoms in total. The number of benzene rings is 2. The maximum atomic E-state index is 12.8. The smallest absolute Gasteiger partial charge is 0.283 e. The molecule has 1 heterocycles. The Morgan fingerprint density at radius 2 is 1.73 bits per heavy atom. The number of halogens is 1. The van der Waals surface area contributed by atoms with Gasteiger partial charge in [-0.15, -0.1) is 0 Å². The van der Waals surface area contributed by atoms with Crippen LogP contribution in [0.2, 0.25) is 0 Å². The lowest BCUT2D eigenvalue weighted by atomic mass is 10.0. The summed E-state index contributed by atoms with van der Waals surface area (Å²) in [6.07, 6.45) is 0. The van der Waals surface area contributed by atoms with E-state index in [1.54, 1.807) is 43.5 Å². The number of carbonyl (C=O) groups excluding carboxylic acids is 2. The first-order valence-corrected chi connectivity index (χ1v) is 8.59. The van der Waals surface area contributed by atoms with E-state index < -0.39 is 11.8 Å². The van der Waals surface area contributed by atoms with Crippen LogP contribution >= 0.6 is 11.6 Å². The molecule has 0 aliphatic carbocycles. The van der Waals surface area contributed by atoms with Crippen LogP contribution in [-0.2, 0) is 9.59 Å². The standard InChI is InChI=1S/C20H19ClN2O3/c1-12(2)13-7-9-15(10-8-13)23-19(24)17(21)18(20(23)25)22-14-5-4-6-16(11-14)26-3/h4-12,22H,1-3H3. The molecule has 6 heteroatoms. The van der Waals surface area contributed by atoms with Gasteiger partial charge in [0.15, 0.2) is 0 Å². The van der Waals surface area contributed by atoms with Crippen molar-refractivity contribution in [2.45, 2.75) is 19.8 Å². The molecule has 1 aliphatic heterocycles. The summed E-state index contributed by atoms with van der Waals surface area (Å²) >= 11 is 6.15. The van der Waals surface area contributed by atoms with Crippen molar-refractivity contribution < 1.29 is 14.3 Å². The van der Waals surface area contributed by atoms with Crippen molar-refractivity contribution in [2.75, 3.05) is 17.3 Å². The Labute approximate surface area is 157 Å². The quantitative estimate of drug-likeness (QED) is 0.799. The third-order valence-electron chi connectivity index (χ3n) is 4.18. The number of imide groups is 1. The third kappa shape index (κ3) is 3.30. The van der Waals surface area contributed by atoms with Gasteiger partial charge in [-0.05, 0) is 35.7 Å². The topological polar surface area (TPSA) is 58.6 Å². The summed E-state index contributed by atoms with van der Waals surface area (Å²) in [7, 11) is 1.55. The molecule has 0 spiro atoms. The van der Waals surface area contributed by atoms with Crippen LogP contribution in [0.3, 0.4) is 0 Å². The van der Waals surface area contributed by atoms with Crippen LogP contribution in [0, 0.1) is 0 Å². The second-order valence-corrected chi connectivity index (χ2v) is 6.62. The number of rotatable bonds is 5. The molecule has 2 aromatic carbocycles. The van der Waals surface area contributed by atoms with Crippen LogP contribution in [0.25, 0.3) is 0 Å². The lowest BCUT2D eigenvalue weighted by molar-refractivity contribution is -0.120. The van der Waals surface area contributed by atoms with Crippen LogP contribution < -0.4 is 15.0 Å². The van der Waals surface area contributed by atoms with Crippen LogP contribution in [-0.4, -0.2) is 18.9 Å². The summed E-state index contributed by atoms with van der Waals surface area (Å²) in [6, 6.07) is 14.4. The molecule has 0 unspecified atom stereocenters. The number of hydrogen-bond acceptors (Lipinski definition) is 4. The SMILES string of the molecule is COc1cccc(NC2=C(Cl)C(=O)N(c3ccc(C(C)C)cc3)C2=O)c1. The van der Waals surface area contributed by atoms with E-state index in [4.69, 9.17) is 16.3 Å². The van der Waals surface area contributed by atoms with Gasteiger partial charge in [0.25, 0.3) is 11.8 Å². The van der Waals surface area contributed by atoms with E-state index in [0.717, 1.165) is 10.5 Å². The minimum Gasteiger partial charge on any atom is -0.497 e. The third-order valence-corrected chi connectivity index (χ3v) is 4.53. The van der Waals surface area contributed by atoms with E-state index >= 15 is 0 Å². The zero-order valence-electron chi connectivity index (χ0n) is 14.7. The summed E-state index contributed by atoms with van der Waals surface area (Å²) in [5.74, 6) is -0.0369. The van der Waals surface area contributed by atoms with Crippen molar-refractivity contribution in [2.24, 2.45) is 0 Å². The molecule has 0 bridgehead atoms. The molecule has 3 rings (SSSR count). The zero-order valence-corrected chi connectivity index (χ0v) is 15.5. The first kappa shape index (κ1) is 18.0. The fourth-order valence-corrected chi connectivity index (χ4v) is 2.91. The molecule has 1 N–H and O–H groups in total. The molecule has 0 atom stereocenters. The van der Waals surface area contributed by atoms with Crippen LogP contribution in [0.15, 0.2) is 59.3 Å². The normalized spacial score (nSPS) is 14.4. The number of methoxy groups -OCH3 is 1. The fraction of sp³-hybridized carbons (Fsp3) is 0.200. The highest BCUT2D eigenvalue weighted by molar-refractivity contribution is 6.53. The Kier molecular flexibility index (Phi) is 5.00. The largest absolute Gasteiger partial charge is 0.497 e. The van der Waals surface area contributed by atoms with Gasteiger partial charge in [-0.1, -0.05) is 43.6 Å². The first-order chi connectivity index (χ1) is 12.4. The van der Waals surface area contributed by atoms with E-state index in [0.29, 0.717) is 23.0 Å². The lowest BCUT2D eigenvalue weighted by Crippen LogP contribution is -2.32. The molecule has 1 aliphatic rings. The van der Waals surface area contributed by atoms with E-state index in [-0.39, 0.29) is 10.7 Å². The predicted molar refractivity (Wildman–Crippen MR) is 103 cm³/mol. The van der Waals surface area contributed by atoms with Crippen molar-refractivity contribution in [3.63, 3.8) is 0 Å². The number of amides is 2. The molecule has 0 fully saturated rings. The van der Waals surface area contributed by atoms with Crippen LogP contribution in [0.1, 0.15) is 25.3 Å². The van der Waals surface area contributed by atoms with Gasteiger partial charge in [-0.3, -0.25) is 9.59 Å². The minimum absolute atomic E-state index is 0.0536. The minimum atomic E-state index is -0.542. The average molecular weight is 371 g/mol. The summed E-state index contributed by atoms with van der Waals surface area (Å²) in [4.78, 5) is 26.4. The highest BCUT2D eigenvalue weighted by Crippen LogP contribution is 2.31. The molecule has 0 aromatic heterocycles. The predicted octanol–water partition coefficient (Wildman–Crippen LogP) is 4.25.